The van der Waals surface area contributed by atoms with Crippen LogP contribution < -0.4 is 0 Å². The molecular formula is C8H12F2N2. The number of nitriles is 1. The molecule has 1 aliphatic heterocycles. The van der Waals surface area contributed by atoms with Gasteiger partial charge in [-0.05, 0) is 13.8 Å². The average Bonchev–Trinajstić information content (AvgIpc) is 2.25. The molecule has 0 spiro atoms. The van der Waals surface area contributed by atoms with Gasteiger partial charge in [0.1, 0.15) is 6.04 Å². The van der Waals surface area contributed by atoms with Crippen molar-refractivity contribution in [3.63, 3.8) is 0 Å². The molecule has 1 fully saturated rings. The van der Waals surface area contributed by atoms with E-state index in [0.29, 0.717) is 0 Å². The maximum Gasteiger partial charge on any atom is 0.263 e. The van der Waals surface area contributed by atoms with Gasteiger partial charge >= 0.3 is 0 Å². The number of rotatable bonds is 1. The molecule has 1 atom stereocenters. The lowest BCUT2D eigenvalue weighted by Crippen LogP contribution is -2.35. The zero-order valence-electron chi connectivity index (χ0n) is 7.22. The van der Waals surface area contributed by atoms with Gasteiger partial charge in [-0.3, -0.25) is 4.90 Å². The fourth-order valence-corrected chi connectivity index (χ4v) is 1.50. The molecule has 1 saturated heterocycles. The Morgan fingerprint density at radius 3 is 2.50 bits per heavy atom. The second-order valence-corrected chi connectivity index (χ2v) is 3.47. The minimum Gasteiger partial charge on any atom is -0.279 e. The Balaban J connectivity index is 2.71. The first-order valence-electron chi connectivity index (χ1n) is 3.99. The van der Waals surface area contributed by atoms with Crippen molar-refractivity contribution >= 4 is 0 Å². The van der Waals surface area contributed by atoms with Gasteiger partial charge in [0.2, 0.25) is 0 Å². The van der Waals surface area contributed by atoms with E-state index in [1.54, 1.807) is 4.90 Å². The van der Waals surface area contributed by atoms with Gasteiger partial charge in [-0.1, -0.05) is 0 Å². The Hall–Kier alpha value is -0.690. The third kappa shape index (κ3) is 1.72. The second kappa shape index (κ2) is 2.98. The summed E-state index contributed by atoms with van der Waals surface area (Å²) in [5.41, 5.74) is 0. The van der Waals surface area contributed by atoms with Crippen LogP contribution in [0.3, 0.4) is 0 Å². The van der Waals surface area contributed by atoms with Gasteiger partial charge in [0.25, 0.3) is 5.92 Å². The second-order valence-electron chi connectivity index (χ2n) is 3.47. The highest BCUT2D eigenvalue weighted by Crippen LogP contribution is 2.32. The smallest absolute Gasteiger partial charge is 0.263 e. The van der Waals surface area contributed by atoms with E-state index in [2.05, 4.69) is 0 Å². The molecule has 1 rings (SSSR count). The Kier molecular flexibility index (Phi) is 2.34. The first-order chi connectivity index (χ1) is 5.46. The van der Waals surface area contributed by atoms with Crippen LogP contribution >= 0.6 is 0 Å². The van der Waals surface area contributed by atoms with Crippen LogP contribution in [0.25, 0.3) is 0 Å². The lowest BCUT2D eigenvalue weighted by Gasteiger charge is -2.22. The summed E-state index contributed by atoms with van der Waals surface area (Å²) in [5, 5.41) is 8.59. The molecule has 2 nitrogen and oxygen atoms in total. The van der Waals surface area contributed by atoms with Crippen LogP contribution in [0.4, 0.5) is 8.78 Å². The molecule has 0 amide bonds. The maximum absolute atomic E-state index is 12.8. The van der Waals surface area contributed by atoms with Gasteiger partial charge in [-0.15, -0.1) is 0 Å². The van der Waals surface area contributed by atoms with Crippen molar-refractivity contribution < 1.29 is 8.78 Å². The number of likely N-dealkylation sites (tertiary alicyclic amines) is 1. The Morgan fingerprint density at radius 1 is 1.58 bits per heavy atom. The largest absolute Gasteiger partial charge is 0.279 e. The molecule has 68 valence electrons. The Bertz CT molecular complexity index is 208. The van der Waals surface area contributed by atoms with E-state index >= 15 is 0 Å². The summed E-state index contributed by atoms with van der Waals surface area (Å²) < 4.78 is 25.6. The first-order valence-corrected chi connectivity index (χ1v) is 3.99. The molecule has 0 saturated carbocycles. The van der Waals surface area contributed by atoms with Crippen molar-refractivity contribution in [3.8, 4) is 6.07 Å². The molecule has 12 heavy (non-hydrogen) atoms. The third-order valence-corrected chi connectivity index (χ3v) is 2.12. The summed E-state index contributed by atoms with van der Waals surface area (Å²) in [5.74, 6) is -2.68. The highest BCUT2D eigenvalue weighted by molar-refractivity contribution is 5.03. The van der Waals surface area contributed by atoms with Crippen LogP contribution in [0.15, 0.2) is 0 Å². The van der Waals surface area contributed by atoms with Gasteiger partial charge in [0.15, 0.2) is 0 Å². The number of alkyl halides is 2. The molecular weight excluding hydrogens is 162 g/mol. The Morgan fingerprint density at radius 2 is 2.17 bits per heavy atom. The van der Waals surface area contributed by atoms with Crippen molar-refractivity contribution in [1.82, 2.24) is 4.90 Å². The molecule has 0 aromatic rings. The molecule has 1 aliphatic rings. The summed E-state index contributed by atoms with van der Waals surface area (Å²) in [6, 6.07) is 1.30. The van der Waals surface area contributed by atoms with Gasteiger partial charge in [0.05, 0.1) is 12.6 Å². The van der Waals surface area contributed by atoms with Crippen LogP contribution in [0, 0.1) is 11.3 Å². The van der Waals surface area contributed by atoms with E-state index in [1.165, 1.54) is 0 Å². The SMILES string of the molecule is CC(C)N1CC(F)(F)C[C@@H]1C#N. The molecule has 0 unspecified atom stereocenters. The van der Waals surface area contributed by atoms with Crippen LogP contribution in [0.2, 0.25) is 0 Å². The van der Waals surface area contributed by atoms with E-state index in [9.17, 15) is 8.78 Å². The predicted octanol–water partition coefficient (Wildman–Crippen LogP) is 1.63. The fourth-order valence-electron chi connectivity index (χ4n) is 1.50. The van der Waals surface area contributed by atoms with Crippen LogP contribution in [-0.2, 0) is 0 Å². The van der Waals surface area contributed by atoms with E-state index in [1.807, 2.05) is 19.9 Å². The summed E-state index contributed by atoms with van der Waals surface area (Å²) in [6.07, 6.45) is -0.318. The van der Waals surface area contributed by atoms with E-state index in [-0.39, 0.29) is 19.0 Å². The Labute approximate surface area is 70.8 Å². The molecule has 0 aromatic carbocycles. The van der Waals surface area contributed by atoms with E-state index in [0.717, 1.165) is 0 Å². The molecule has 0 bridgehead atoms. The minimum atomic E-state index is -2.68. The zero-order valence-corrected chi connectivity index (χ0v) is 7.22. The number of halogens is 2. The highest BCUT2D eigenvalue weighted by atomic mass is 19.3. The number of nitrogens with zero attached hydrogens (tertiary/aromatic N) is 2. The molecule has 0 aliphatic carbocycles. The van der Waals surface area contributed by atoms with Crippen LogP contribution in [-0.4, -0.2) is 29.5 Å². The normalized spacial score (nSPS) is 29.2. The minimum absolute atomic E-state index is 0.0167. The maximum atomic E-state index is 12.8. The first kappa shape index (κ1) is 9.40. The summed E-state index contributed by atoms with van der Waals surface area (Å²) in [6.45, 7) is 3.38. The summed E-state index contributed by atoms with van der Waals surface area (Å²) in [7, 11) is 0. The van der Waals surface area contributed by atoms with Crippen molar-refractivity contribution in [1.29, 1.82) is 5.26 Å². The zero-order chi connectivity index (χ0) is 9.35. The van der Waals surface area contributed by atoms with Crippen molar-refractivity contribution in [2.24, 2.45) is 0 Å². The molecule has 1 heterocycles. The van der Waals surface area contributed by atoms with Gasteiger partial charge in [0, 0.05) is 12.5 Å². The van der Waals surface area contributed by atoms with Gasteiger partial charge in [-0.25, -0.2) is 8.78 Å². The van der Waals surface area contributed by atoms with Crippen molar-refractivity contribution in [2.75, 3.05) is 6.54 Å². The quantitative estimate of drug-likeness (QED) is 0.604. The number of hydrogen-bond donors (Lipinski definition) is 0. The lowest BCUT2D eigenvalue weighted by atomic mass is 10.2. The number of hydrogen-bond acceptors (Lipinski definition) is 2. The van der Waals surface area contributed by atoms with E-state index in [4.69, 9.17) is 5.26 Å². The molecule has 0 aromatic heterocycles. The summed E-state index contributed by atoms with van der Waals surface area (Å²) >= 11 is 0. The lowest BCUT2D eigenvalue weighted by molar-refractivity contribution is 0.00919. The fraction of sp³-hybridized carbons (Fsp3) is 0.875. The van der Waals surface area contributed by atoms with Gasteiger partial charge < -0.3 is 0 Å². The molecule has 0 N–H and O–H groups in total. The van der Waals surface area contributed by atoms with Gasteiger partial charge in [-0.2, -0.15) is 5.26 Å². The van der Waals surface area contributed by atoms with Crippen molar-refractivity contribution in [3.05, 3.63) is 0 Å². The topological polar surface area (TPSA) is 27.0 Å². The third-order valence-electron chi connectivity index (χ3n) is 2.12. The average molecular weight is 174 g/mol. The predicted molar refractivity (Wildman–Crippen MR) is 40.8 cm³/mol. The monoisotopic (exact) mass is 174 g/mol. The molecule has 0 radical (unpaired) electrons. The van der Waals surface area contributed by atoms with Crippen LogP contribution in [0.5, 0.6) is 0 Å². The molecule has 4 heteroatoms. The highest BCUT2D eigenvalue weighted by Gasteiger charge is 2.45. The van der Waals surface area contributed by atoms with Crippen LogP contribution in [0.1, 0.15) is 20.3 Å². The van der Waals surface area contributed by atoms with E-state index < -0.39 is 12.0 Å². The van der Waals surface area contributed by atoms with Crippen molar-refractivity contribution in [2.45, 2.75) is 38.3 Å². The standard InChI is InChI=1S/C8H12F2N2/c1-6(2)12-5-8(9,10)3-7(12)4-11/h6-7H,3,5H2,1-2H3/t7-/m1/s1. The summed E-state index contributed by atoms with van der Waals surface area (Å²) in [4.78, 5) is 1.54.